The monoisotopic (exact) mass is 187 g/mol. The molecule has 0 spiro atoms. The first-order chi connectivity index (χ1) is 5.75. The lowest BCUT2D eigenvalue weighted by Crippen LogP contribution is -2.55. The van der Waals surface area contributed by atoms with Crippen molar-refractivity contribution in [2.24, 2.45) is 11.1 Å². The Morgan fingerprint density at radius 2 is 1.92 bits per heavy atom. The van der Waals surface area contributed by atoms with Gasteiger partial charge in [0.1, 0.15) is 6.10 Å². The zero-order chi connectivity index (χ0) is 10.3. The van der Waals surface area contributed by atoms with Crippen molar-refractivity contribution in [2.45, 2.75) is 39.6 Å². The zero-order valence-electron chi connectivity index (χ0n) is 8.59. The van der Waals surface area contributed by atoms with Gasteiger partial charge in [-0.3, -0.25) is 4.79 Å². The molecule has 1 saturated heterocycles. The first-order valence-corrected chi connectivity index (χ1v) is 4.36. The number of amides is 1. The number of rotatable bonds is 1. The second kappa shape index (κ2) is 2.96. The van der Waals surface area contributed by atoms with Crippen LogP contribution in [0.2, 0.25) is 0 Å². The van der Waals surface area contributed by atoms with Gasteiger partial charge in [-0.15, -0.1) is 0 Å². The number of ether oxygens (including phenoxy) is 2. The number of primary amides is 1. The molecule has 1 atom stereocenters. The molecule has 4 nitrogen and oxygen atoms in total. The molecule has 76 valence electrons. The van der Waals surface area contributed by atoms with Gasteiger partial charge in [0.2, 0.25) is 5.91 Å². The van der Waals surface area contributed by atoms with E-state index in [1.54, 1.807) is 13.8 Å². The number of nitrogens with two attached hydrogens (primary N) is 1. The lowest BCUT2D eigenvalue weighted by atomic mass is 9.85. The highest BCUT2D eigenvalue weighted by atomic mass is 16.7. The van der Waals surface area contributed by atoms with Gasteiger partial charge < -0.3 is 15.2 Å². The molecule has 4 heteroatoms. The molecule has 13 heavy (non-hydrogen) atoms. The maximum absolute atomic E-state index is 11.1. The molecule has 0 aliphatic carbocycles. The molecule has 0 aromatic rings. The Balaban J connectivity index is 2.82. The molecule has 2 N–H and O–H groups in total. The predicted octanol–water partition coefficient (Wildman–Crippen LogP) is 0.649. The van der Waals surface area contributed by atoms with Crippen LogP contribution in [0.4, 0.5) is 0 Å². The topological polar surface area (TPSA) is 61.5 Å². The summed E-state index contributed by atoms with van der Waals surface area (Å²) in [6, 6.07) is 0. The summed E-state index contributed by atoms with van der Waals surface area (Å²) in [6.07, 6.45) is -0.573. The van der Waals surface area contributed by atoms with E-state index in [4.69, 9.17) is 15.2 Å². The van der Waals surface area contributed by atoms with Crippen molar-refractivity contribution in [2.75, 3.05) is 6.61 Å². The van der Waals surface area contributed by atoms with Crippen LogP contribution < -0.4 is 5.73 Å². The van der Waals surface area contributed by atoms with Crippen molar-refractivity contribution < 1.29 is 14.3 Å². The molecule has 0 saturated carbocycles. The Morgan fingerprint density at radius 1 is 1.38 bits per heavy atom. The SMILES string of the molecule is CC1(C)OCC(C)(C)[C@H](C(N)=O)O1. The van der Waals surface area contributed by atoms with Crippen molar-refractivity contribution in [3.05, 3.63) is 0 Å². The van der Waals surface area contributed by atoms with Crippen molar-refractivity contribution in [1.29, 1.82) is 0 Å². The maximum atomic E-state index is 11.1. The Kier molecular flexibility index (Phi) is 2.38. The van der Waals surface area contributed by atoms with Crippen LogP contribution in [0.1, 0.15) is 27.7 Å². The predicted molar refractivity (Wildman–Crippen MR) is 47.9 cm³/mol. The van der Waals surface area contributed by atoms with E-state index in [1.165, 1.54) is 0 Å². The van der Waals surface area contributed by atoms with E-state index in [9.17, 15) is 4.79 Å². The molecule has 0 aromatic carbocycles. The molecular formula is C9H17NO3. The molecule has 0 radical (unpaired) electrons. The minimum atomic E-state index is -0.713. The van der Waals surface area contributed by atoms with Crippen molar-refractivity contribution >= 4 is 5.91 Å². The van der Waals surface area contributed by atoms with Crippen molar-refractivity contribution in [3.8, 4) is 0 Å². The molecule has 1 aliphatic rings. The van der Waals surface area contributed by atoms with E-state index in [0.717, 1.165) is 0 Å². The molecule has 1 rings (SSSR count). The highest BCUT2D eigenvalue weighted by Gasteiger charge is 2.44. The Labute approximate surface area is 78.4 Å². The molecule has 0 aromatic heterocycles. The largest absolute Gasteiger partial charge is 0.367 e. The Bertz CT molecular complexity index is 223. The summed E-state index contributed by atoms with van der Waals surface area (Å²) in [5.41, 5.74) is 4.90. The van der Waals surface area contributed by atoms with E-state index < -0.39 is 17.8 Å². The van der Waals surface area contributed by atoms with Crippen LogP contribution in [-0.2, 0) is 14.3 Å². The van der Waals surface area contributed by atoms with Crippen molar-refractivity contribution in [3.63, 3.8) is 0 Å². The normalized spacial score (nSPS) is 31.2. The highest BCUT2D eigenvalue weighted by molar-refractivity contribution is 5.79. The summed E-state index contributed by atoms with van der Waals surface area (Å²) >= 11 is 0. The van der Waals surface area contributed by atoms with Gasteiger partial charge in [-0.25, -0.2) is 0 Å². The molecular weight excluding hydrogens is 170 g/mol. The number of carbonyl (C=O) groups is 1. The third-order valence-electron chi connectivity index (χ3n) is 2.16. The quantitative estimate of drug-likeness (QED) is 0.655. The Hall–Kier alpha value is -0.610. The van der Waals surface area contributed by atoms with E-state index >= 15 is 0 Å². The standard InChI is InChI=1S/C9H17NO3/c1-8(2)5-12-9(3,4)13-6(8)7(10)11/h6H,5H2,1-4H3,(H2,10,11)/t6-/m0/s1. The third kappa shape index (κ3) is 2.19. The van der Waals surface area contributed by atoms with Crippen LogP contribution in [0.3, 0.4) is 0 Å². The molecule has 1 amide bonds. The molecule has 0 bridgehead atoms. The van der Waals surface area contributed by atoms with Crippen LogP contribution >= 0.6 is 0 Å². The fourth-order valence-electron chi connectivity index (χ4n) is 1.36. The maximum Gasteiger partial charge on any atom is 0.247 e. The van der Waals surface area contributed by atoms with E-state index in [-0.39, 0.29) is 5.41 Å². The van der Waals surface area contributed by atoms with Crippen molar-refractivity contribution in [1.82, 2.24) is 0 Å². The molecule has 1 fully saturated rings. The number of hydrogen-bond acceptors (Lipinski definition) is 3. The lowest BCUT2D eigenvalue weighted by molar-refractivity contribution is -0.303. The third-order valence-corrected chi connectivity index (χ3v) is 2.16. The summed E-state index contributed by atoms with van der Waals surface area (Å²) in [5.74, 6) is -1.14. The average Bonchev–Trinajstić information content (AvgIpc) is 1.95. The van der Waals surface area contributed by atoms with E-state index in [0.29, 0.717) is 6.61 Å². The smallest absolute Gasteiger partial charge is 0.247 e. The van der Waals surface area contributed by atoms with E-state index in [1.807, 2.05) is 13.8 Å². The number of carbonyl (C=O) groups excluding carboxylic acids is 1. The minimum absolute atomic E-state index is 0.346. The average molecular weight is 187 g/mol. The fourth-order valence-corrected chi connectivity index (χ4v) is 1.36. The van der Waals surface area contributed by atoms with Gasteiger partial charge in [-0.05, 0) is 13.8 Å². The van der Waals surface area contributed by atoms with Crippen LogP contribution in [0.15, 0.2) is 0 Å². The summed E-state index contributed by atoms with van der Waals surface area (Å²) in [6.45, 7) is 7.83. The van der Waals surface area contributed by atoms with Gasteiger partial charge >= 0.3 is 0 Å². The van der Waals surface area contributed by atoms with Crippen LogP contribution in [0.25, 0.3) is 0 Å². The van der Waals surface area contributed by atoms with Crippen LogP contribution in [0.5, 0.6) is 0 Å². The fraction of sp³-hybridized carbons (Fsp3) is 0.889. The minimum Gasteiger partial charge on any atom is -0.367 e. The van der Waals surface area contributed by atoms with Gasteiger partial charge in [0.15, 0.2) is 5.79 Å². The van der Waals surface area contributed by atoms with Gasteiger partial charge in [0.25, 0.3) is 0 Å². The second-order valence-electron chi connectivity index (χ2n) is 4.58. The molecule has 0 unspecified atom stereocenters. The lowest BCUT2D eigenvalue weighted by Gasteiger charge is -2.44. The van der Waals surface area contributed by atoms with Gasteiger partial charge in [-0.2, -0.15) is 0 Å². The zero-order valence-corrected chi connectivity index (χ0v) is 8.59. The van der Waals surface area contributed by atoms with Gasteiger partial charge in [-0.1, -0.05) is 13.8 Å². The van der Waals surface area contributed by atoms with Gasteiger partial charge in [0, 0.05) is 5.41 Å². The number of hydrogen-bond donors (Lipinski definition) is 1. The summed E-state index contributed by atoms with van der Waals surface area (Å²) in [7, 11) is 0. The highest BCUT2D eigenvalue weighted by Crippen LogP contribution is 2.34. The molecule has 1 aliphatic heterocycles. The first kappa shape index (κ1) is 10.5. The second-order valence-corrected chi connectivity index (χ2v) is 4.58. The molecule has 1 heterocycles. The summed E-state index contributed by atoms with van der Waals surface area (Å²) < 4.78 is 10.9. The van der Waals surface area contributed by atoms with E-state index in [2.05, 4.69) is 0 Å². The Morgan fingerprint density at radius 3 is 2.31 bits per heavy atom. The van der Waals surface area contributed by atoms with Gasteiger partial charge in [0.05, 0.1) is 6.61 Å². The summed E-state index contributed by atoms with van der Waals surface area (Å²) in [4.78, 5) is 11.1. The van der Waals surface area contributed by atoms with Crippen LogP contribution in [0, 0.1) is 5.41 Å². The first-order valence-electron chi connectivity index (χ1n) is 4.36. The van der Waals surface area contributed by atoms with Crippen LogP contribution in [-0.4, -0.2) is 24.4 Å². The summed E-state index contributed by atoms with van der Waals surface area (Å²) in [5, 5.41) is 0.